The summed E-state index contributed by atoms with van der Waals surface area (Å²) in [5, 5.41) is 6.36. The topological polar surface area (TPSA) is 80.5 Å². The highest BCUT2D eigenvalue weighted by Crippen LogP contribution is 2.21. The van der Waals surface area contributed by atoms with Crippen molar-refractivity contribution >= 4 is 17.2 Å². The van der Waals surface area contributed by atoms with Crippen LogP contribution in [0.4, 0.5) is 0 Å². The summed E-state index contributed by atoms with van der Waals surface area (Å²) in [7, 11) is 0. The fraction of sp³-hybridized carbons (Fsp3) is 0.765. The van der Waals surface area contributed by atoms with Crippen LogP contribution in [0.15, 0.2) is 5.38 Å². The number of ether oxygens (including phenoxy) is 1. The van der Waals surface area contributed by atoms with Crippen LogP contribution in [-0.4, -0.2) is 54.2 Å². The molecule has 1 aromatic heterocycles. The molecule has 6 nitrogen and oxygen atoms in total. The van der Waals surface area contributed by atoms with Gasteiger partial charge >= 0.3 is 0 Å². The predicted octanol–water partition coefficient (Wildman–Crippen LogP) is 1.29. The molecule has 0 saturated carbocycles. The number of carbonyl (C=O) groups excluding carboxylic acids is 1. The Labute approximate surface area is 147 Å². The Morgan fingerprint density at radius 1 is 1.42 bits per heavy atom. The minimum absolute atomic E-state index is 0.0336. The number of rotatable bonds is 6. The monoisotopic (exact) mass is 352 g/mol. The molecule has 0 aromatic carbocycles. The van der Waals surface area contributed by atoms with Crippen LogP contribution in [0, 0.1) is 12.8 Å². The Morgan fingerprint density at radius 2 is 2.21 bits per heavy atom. The van der Waals surface area contributed by atoms with Gasteiger partial charge in [0.25, 0.3) is 0 Å². The Balaban J connectivity index is 1.34. The largest absolute Gasteiger partial charge is 0.364 e. The first kappa shape index (κ1) is 17.8. The number of amides is 1. The molecule has 2 aliphatic heterocycles. The standard InChI is InChI=1S/C17H28N4O2S/c1-12-20-14(11-24-12)10-21-6-4-13(5-7-21)9-19-17(22)16-3-2-15(8-18)23-16/h11,13,15-16H,2-10,18H2,1H3,(H,19,22)/t15-,16+/m1/s1. The molecule has 7 heteroatoms. The van der Waals surface area contributed by atoms with Crippen LogP contribution in [0.5, 0.6) is 0 Å². The average molecular weight is 353 g/mol. The normalized spacial score (nSPS) is 25.9. The highest BCUT2D eigenvalue weighted by Gasteiger charge is 2.30. The van der Waals surface area contributed by atoms with E-state index in [2.05, 4.69) is 20.6 Å². The van der Waals surface area contributed by atoms with Gasteiger partial charge in [0.15, 0.2) is 0 Å². The number of nitrogens with one attached hydrogen (secondary N) is 1. The lowest BCUT2D eigenvalue weighted by Crippen LogP contribution is -2.41. The maximum absolute atomic E-state index is 12.2. The van der Waals surface area contributed by atoms with Crippen molar-refractivity contribution in [1.29, 1.82) is 0 Å². The van der Waals surface area contributed by atoms with Crippen LogP contribution in [-0.2, 0) is 16.1 Å². The molecule has 2 saturated heterocycles. The van der Waals surface area contributed by atoms with E-state index in [1.54, 1.807) is 11.3 Å². The van der Waals surface area contributed by atoms with E-state index in [9.17, 15) is 4.79 Å². The van der Waals surface area contributed by atoms with Crippen LogP contribution in [0.2, 0.25) is 0 Å². The van der Waals surface area contributed by atoms with Gasteiger partial charge in [0.05, 0.1) is 16.8 Å². The number of aromatic nitrogens is 1. The van der Waals surface area contributed by atoms with Gasteiger partial charge in [0.1, 0.15) is 6.10 Å². The number of hydrogen-bond donors (Lipinski definition) is 2. The van der Waals surface area contributed by atoms with Gasteiger partial charge in [-0.1, -0.05) is 0 Å². The van der Waals surface area contributed by atoms with E-state index in [0.717, 1.165) is 56.9 Å². The molecule has 0 unspecified atom stereocenters. The molecular formula is C17H28N4O2S. The molecule has 0 spiro atoms. The number of carbonyl (C=O) groups is 1. The highest BCUT2D eigenvalue weighted by atomic mass is 32.1. The van der Waals surface area contributed by atoms with E-state index in [1.165, 1.54) is 5.69 Å². The third kappa shape index (κ3) is 4.75. The van der Waals surface area contributed by atoms with Crippen molar-refractivity contribution in [1.82, 2.24) is 15.2 Å². The summed E-state index contributed by atoms with van der Waals surface area (Å²) in [6.45, 7) is 6.40. The van der Waals surface area contributed by atoms with E-state index in [-0.39, 0.29) is 18.1 Å². The number of likely N-dealkylation sites (tertiary alicyclic amines) is 1. The molecule has 2 aliphatic rings. The lowest BCUT2D eigenvalue weighted by molar-refractivity contribution is -0.132. The molecule has 3 rings (SSSR count). The molecule has 1 amide bonds. The van der Waals surface area contributed by atoms with Gasteiger partial charge in [-0.3, -0.25) is 9.69 Å². The van der Waals surface area contributed by atoms with Crippen molar-refractivity contribution < 1.29 is 9.53 Å². The number of nitrogens with zero attached hydrogens (tertiary/aromatic N) is 2. The summed E-state index contributed by atoms with van der Waals surface area (Å²) in [5.41, 5.74) is 6.77. The summed E-state index contributed by atoms with van der Waals surface area (Å²) in [6, 6.07) is 0. The van der Waals surface area contributed by atoms with Crippen molar-refractivity contribution in [3.05, 3.63) is 16.1 Å². The second-order valence-electron chi connectivity index (χ2n) is 6.88. The Morgan fingerprint density at radius 3 is 2.83 bits per heavy atom. The average Bonchev–Trinajstić information content (AvgIpc) is 3.23. The Hall–Kier alpha value is -1.02. The van der Waals surface area contributed by atoms with Gasteiger partial charge in [-0.2, -0.15) is 0 Å². The summed E-state index contributed by atoms with van der Waals surface area (Å²) in [4.78, 5) is 19.2. The molecule has 3 heterocycles. The van der Waals surface area contributed by atoms with Crippen LogP contribution in [0.1, 0.15) is 36.4 Å². The van der Waals surface area contributed by atoms with Crippen molar-refractivity contribution in [3.8, 4) is 0 Å². The molecular weight excluding hydrogens is 324 g/mol. The number of aryl methyl sites for hydroxylation is 1. The maximum atomic E-state index is 12.2. The molecule has 2 atom stereocenters. The van der Waals surface area contributed by atoms with Crippen LogP contribution >= 0.6 is 11.3 Å². The first-order valence-electron chi connectivity index (χ1n) is 8.90. The third-order valence-electron chi connectivity index (χ3n) is 4.99. The maximum Gasteiger partial charge on any atom is 0.249 e. The number of thiazole rings is 1. The summed E-state index contributed by atoms with van der Waals surface area (Å²) in [5.74, 6) is 0.598. The minimum Gasteiger partial charge on any atom is -0.364 e. The van der Waals surface area contributed by atoms with Gasteiger partial charge in [0, 0.05) is 25.0 Å². The first-order chi connectivity index (χ1) is 11.6. The molecule has 24 heavy (non-hydrogen) atoms. The molecule has 0 radical (unpaired) electrons. The summed E-state index contributed by atoms with van der Waals surface area (Å²) < 4.78 is 5.65. The number of nitrogens with two attached hydrogens (primary N) is 1. The quantitative estimate of drug-likeness (QED) is 0.806. The van der Waals surface area contributed by atoms with Gasteiger partial charge in [0.2, 0.25) is 5.91 Å². The van der Waals surface area contributed by atoms with Gasteiger partial charge in [-0.15, -0.1) is 11.3 Å². The zero-order chi connectivity index (χ0) is 16.9. The van der Waals surface area contributed by atoms with Gasteiger partial charge in [-0.25, -0.2) is 4.98 Å². The van der Waals surface area contributed by atoms with E-state index in [0.29, 0.717) is 12.5 Å². The lowest BCUT2D eigenvalue weighted by atomic mass is 9.96. The van der Waals surface area contributed by atoms with Crippen molar-refractivity contribution in [2.45, 2.75) is 51.4 Å². The fourth-order valence-electron chi connectivity index (χ4n) is 3.49. The zero-order valence-electron chi connectivity index (χ0n) is 14.4. The van der Waals surface area contributed by atoms with Gasteiger partial charge in [-0.05, 0) is 51.6 Å². The van der Waals surface area contributed by atoms with Crippen LogP contribution in [0.3, 0.4) is 0 Å². The van der Waals surface area contributed by atoms with E-state index in [4.69, 9.17) is 10.5 Å². The van der Waals surface area contributed by atoms with Crippen LogP contribution in [0.25, 0.3) is 0 Å². The second kappa shape index (κ2) is 8.38. The molecule has 1 aromatic rings. The number of piperidine rings is 1. The van der Waals surface area contributed by atoms with E-state index in [1.807, 2.05) is 6.92 Å². The van der Waals surface area contributed by atoms with E-state index >= 15 is 0 Å². The first-order valence-corrected chi connectivity index (χ1v) is 9.78. The summed E-state index contributed by atoms with van der Waals surface area (Å²) in [6.07, 6.45) is 3.69. The minimum atomic E-state index is -0.299. The highest BCUT2D eigenvalue weighted by molar-refractivity contribution is 7.09. The third-order valence-corrected chi connectivity index (χ3v) is 5.81. The Kier molecular flexibility index (Phi) is 6.21. The SMILES string of the molecule is Cc1nc(CN2CCC(CNC(=O)[C@@H]3CC[C@H](CN)O3)CC2)cs1. The number of hydrogen-bond acceptors (Lipinski definition) is 6. The smallest absolute Gasteiger partial charge is 0.249 e. The van der Waals surface area contributed by atoms with Gasteiger partial charge < -0.3 is 15.8 Å². The predicted molar refractivity (Wildman–Crippen MR) is 94.8 cm³/mol. The Bertz CT molecular complexity index is 542. The summed E-state index contributed by atoms with van der Waals surface area (Å²) >= 11 is 1.71. The fourth-order valence-corrected chi connectivity index (χ4v) is 4.09. The lowest BCUT2D eigenvalue weighted by Gasteiger charge is -2.31. The molecule has 0 aliphatic carbocycles. The molecule has 0 bridgehead atoms. The molecule has 3 N–H and O–H groups in total. The van der Waals surface area contributed by atoms with Crippen LogP contribution < -0.4 is 11.1 Å². The zero-order valence-corrected chi connectivity index (χ0v) is 15.2. The molecule has 2 fully saturated rings. The van der Waals surface area contributed by atoms with Crippen molar-refractivity contribution in [2.24, 2.45) is 11.7 Å². The van der Waals surface area contributed by atoms with E-state index < -0.39 is 0 Å². The second-order valence-corrected chi connectivity index (χ2v) is 7.94. The molecule has 134 valence electrons. The van der Waals surface area contributed by atoms with Crippen molar-refractivity contribution in [2.75, 3.05) is 26.2 Å². The van der Waals surface area contributed by atoms with Crippen molar-refractivity contribution in [3.63, 3.8) is 0 Å².